The fourth-order valence-corrected chi connectivity index (χ4v) is 3.00. The lowest BCUT2D eigenvalue weighted by atomic mass is 9.96. The zero-order chi connectivity index (χ0) is 14.1. The molecule has 0 radical (unpaired) electrons. The van der Waals surface area contributed by atoms with Crippen LogP contribution < -0.4 is 5.32 Å². The van der Waals surface area contributed by atoms with E-state index in [9.17, 15) is 5.11 Å². The number of nitrogens with one attached hydrogen (secondary N) is 1. The van der Waals surface area contributed by atoms with Crippen molar-refractivity contribution in [3.05, 3.63) is 29.8 Å². The number of aliphatic hydroxyl groups excluding tert-OH is 1. The van der Waals surface area contributed by atoms with Gasteiger partial charge in [0.25, 0.3) is 0 Å². The molecule has 0 bridgehead atoms. The van der Waals surface area contributed by atoms with Crippen LogP contribution in [0.25, 0.3) is 0 Å². The molecule has 1 aromatic carbocycles. The largest absolute Gasteiger partial charge is 0.394 e. The van der Waals surface area contributed by atoms with E-state index in [1.807, 2.05) is 11.8 Å². The Morgan fingerprint density at radius 1 is 1.21 bits per heavy atom. The zero-order valence-electron chi connectivity index (χ0n) is 12.4. The molecule has 0 amide bonds. The van der Waals surface area contributed by atoms with E-state index in [-0.39, 0.29) is 12.1 Å². The summed E-state index contributed by atoms with van der Waals surface area (Å²) in [4.78, 5) is 1.35. The van der Waals surface area contributed by atoms with Gasteiger partial charge in [0.2, 0.25) is 0 Å². The minimum atomic E-state index is -0.108. The zero-order valence-corrected chi connectivity index (χ0v) is 13.2. The number of aryl methyl sites for hydroxylation is 1. The quantitative estimate of drug-likeness (QED) is 0.535. The van der Waals surface area contributed by atoms with Gasteiger partial charge in [-0.2, -0.15) is 0 Å². The minimum Gasteiger partial charge on any atom is -0.394 e. The topological polar surface area (TPSA) is 32.3 Å². The molecular formula is C16H27NOS. The van der Waals surface area contributed by atoms with Gasteiger partial charge >= 0.3 is 0 Å². The van der Waals surface area contributed by atoms with Crippen molar-refractivity contribution in [1.29, 1.82) is 0 Å². The van der Waals surface area contributed by atoms with Crippen molar-refractivity contribution < 1.29 is 5.11 Å². The lowest BCUT2D eigenvalue weighted by Gasteiger charge is -2.28. The van der Waals surface area contributed by atoms with E-state index in [1.165, 1.54) is 16.9 Å². The van der Waals surface area contributed by atoms with Gasteiger partial charge in [0.05, 0.1) is 6.61 Å². The van der Waals surface area contributed by atoms with E-state index in [0.717, 1.165) is 25.1 Å². The molecule has 0 aliphatic rings. The van der Waals surface area contributed by atoms with Gasteiger partial charge in [0, 0.05) is 10.4 Å². The number of benzene rings is 1. The van der Waals surface area contributed by atoms with Crippen molar-refractivity contribution in [1.82, 2.24) is 5.32 Å². The molecule has 1 rings (SSSR count). The first-order valence-corrected chi connectivity index (χ1v) is 8.13. The van der Waals surface area contributed by atoms with Crippen molar-refractivity contribution in [3.8, 4) is 0 Å². The Balaban J connectivity index is 2.18. The van der Waals surface area contributed by atoms with Gasteiger partial charge in [-0.1, -0.05) is 31.0 Å². The summed E-state index contributed by atoms with van der Waals surface area (Å²) < 4.78 is 0. The molecule has 0 aliphatic heterocycles. The van der Waals surface area contributed by atoms with Crippen LogP contribution in [0, 0.1) is 6.92 Å². The smallest absolute Gasteiger partial charge is 0.0610 e. The summed E-state index contributed by atoms with van der Waals surface area (Å²) in [6.45, 7) is 7.43. The Morgan fingerprint density at radius 2 is 1.89 bits per heavy atom. The highest BCUT2D eigenvalue weighted by atomic mass is 32.2. The summed E-state index contributed by atoms with van der Waals surface area (Å²) in [5.41, 5.74) is 1.21. The highest BCUT2D eigenvalue weighted by molar-refractivity contribution is 7.99. The molecule has 1 aromatic rings. The molecule has 19 heavy (non-hydrogen) atoms. The maximum Gasteiger partial charge on any atom is 0.0610 e. The fraction of sp³-hybridized carbons (Fsp3) is 0.625. The Labute approximate surface area is 122 Å². The first-order valence-electron chi connectivity index (χ1n) is 7.15. The molecule has 0 aromatic heterocycles. The predicted molar refractivity (Wildman–Crippen MR) is 84.9 cm³/mol. The fourth-order valence-electron chi connectivity index (χ4n) is 2.09. The molecule has 0 fully saturated rings. The van der Waals surface area contributed by atoms with Crippen LogP contribution in [-0.2, 0) is 0 Å². The van der Waals surface area contributed by atoms with Crippen molar-refractivity contribution >= 4 is 11.8 Å². The SMILES string of the molecule is CCNC(C)(CO)CCCCSc1ccc(C)cc1. The third-order valence-electron chi connectivity index (χ3n) is 3.37. The molecule has 2 nitrogen and oxygen atoms in total. The molecule has 108 valence electrons. The standard InChI is InChI=1S/C16H27NOS/c1-4-17-16(3,13-18)11-5-6-12-19-15-9-7-14(2)8-10-15/h7-10,17-18H,4-6,11-13H2,1-3H3. The molecule has 3 heteroatoms. The maximum absolute atomic E-state index is 9.41. The van der Waals surface area contributed by atoms with Crippen LogP contribution in [0.1, 0.15) is 38.7 Å². The van der Waals surface area contributed by atoms with Gasteiger partial charge in [-0.15, -0.1) is 11.8 Å². The van der Waals surface area contributed by atoms with E-state index in [2.05, 4.69) is 50.4 Å². The van der Waals surface area contributed by atoms with Gasteiger partial charge in [-0.25, -0.2) is 0 Å². The third-order valence-corrected chi connectivity index (χ3v) is 4.46. The third kappa shape index (κ3) is 6.46. The van der Waals surface area contributed by atoms with Crippen LogP contribution in [0.5, 0.6) is 0 Å². The average Bonchev–Trinajstić information content (AvgIpc) is 2.41. The molecule has 1 unspecified atom stereocenters. The van der Waals surface area contributed by atoms with Gasteiger partial charge < -0.3 is 10.4 Å². The van der Waals surface area contributed by atoms with E-state index >= 15 is 0 Å². The van der Waals surface area contributed by atoms with Crippen molar-refractivity contribution in [3.63, 3.8) is 0 Å². The van der Waals surface area contributed by atoms with Crippen LogP contribution in [0.2, 0.25) is 0 Å². The molecule has 2 N–H and O–H groups in total. The van der Waals surface area contributed by atoms with Crippen LogP contribution in [0.4, 0.5) is 0 Å². The highest BCUT2D eigenvalue weighted by Gasteiger charge is 2.20. The second-order valence-electron chi connectivity index (χ2n) is 5.37. The Bertz CT molecular complexity index is 352. The van der Waals surface area contributed by atoms with Gasteiger partial charge in [0.15, 0.2) is 0 Å². The van der Waals surface area contributed by atoms with E-state index in [1.54, 1.807) is 0 Å². The summed E-state index contributed by atoms with van der Waals surface area (Å²) in [6, 6.07) is 8.71. The number of hydrogen-bond donors (Lipinski definition) is 2. The Hall–Kier alpha value is -0.510. The predicted octanol–water partition coefficient (Wildman–Crippen LogP) is 3.62. The number of rotatable bonds is 9. The second kappa shape index (κ2) is 8.62. The summed E-state index contributed by atoms with van der Waals surface area (Å²) in [6.07, 6.45) is 3.38. The monoisotopic (exact) mass is 281 g/mol. The van der Waals surface area contributed by atoms with E-state index in [0.29, 0.717) is 0 Å². The summed E-state index contributed by atoms with van der Waals surface area (Å²) in [5.74, 6) is 1.15. The molecule has 1 atom stereocenters. The van der Waals surface area contributed by atoms with Crippen molar-refractivity contribution in [2.24, 2.45) is 0 Å². The number of likely N-dealkylation sites (N-methyl/N-ethyl adjacent to an activating group) is 1. The lowest BCUT2D eigenvalue weighted by molar-refractivity contribution is 0.165. The minimum absolute atomic E-state index is 0.108. The van der Waals surface area contributed by atoms with Crippen LogP contribution >= 0.6 is 11.8 Å². The van der Waals surface area contributed by atoms with Crippen LogP contribution in [-0.4, -0.2) is 29.5 Å². The summed E-state index contributed by atoms with van der Waals surface area (Å²) >= 11 is 1.92. The average molecular weight is 281 g/mol. The summed E-state index contributed by atoms with van der Waals surface area (Å²) in [5, 5.41) is 12.8. The second-order valence-corrected chi connectivity index (χ2v) is 6.54. The molecule has 0 heterocycles. The Kier molecular flexibility index (Phi) is 7.51. The van der Waals surface area contributed by atoms with E-state index < -0.39 is 0 Å². The van der Waals surface area contributed by atoms with Crippen molar-refractivity contribution in [2.75, 3.05) is 18.9 Å². The van der Waals surface area contributed by atoms with Gasteiger partial charge in [0.1, 0.15) is 0 Å². The Morgan fingerprint density at radius 3 is 2.47 bits per heavy atom. The van der Waals surface area contributed by atoms with E-state index in [4.69, 9.17) is 0 Å². The van der Waals surface area contributed by atoms with Crippen molar-refractivity contribution in [2.45, 2.75) is 50.5 Å². The van der Waals surface area contributed by atoms with Gasteiger partial charge in [-0.05, 0) is 51.1 Å². The first-order chi connectivity index (χ1) is 9.09. The molecule has 0 saturated heterocycles. The van der Waals surface area contributed by atoms with Gasteiger partial charge in [-0.3, -0.25) is 0 Å². The van der Waals surface area contributed by atoms with Crippen LogP contribution in [0.15, 0.2) is 29.2 Å². The molecule has 0 saturated carbocycles. The van der Waals surface area contributed by atoms with Crippen LogP contribution in [0.3, 0.4) is 0 Å². The number of hydrogen-bond acceptors (Lipinski definition) is 3. The number of aliphatic hydroxyl groups is 1. The maximum atomic E-state index is 9.41. The lowest BCUT2D eigenvalue weighted by Crippen LogP contribution is -2.45. The number of unbranched alkanes of at least 4 members (excludes halogenated alkanes) is 1. The normalized spacial score (nSPS) is 14.3. The molecule has 0 aliphatic carbocycles. The first kappa shape index (κ1) is 16.5. The molecular weight excluding hydrogens is 254 g/mol. The number of thioether (sulfide) groups is 1. The highest BCUT2D eigenvalue weighted by Crippen LogP contribution is 2.21. The molecule has 0 spiro atoms. The summed E-state index contributed by atoms with van der Waals surface area (Å²) in [7, 11) is 0.